The van der Waals surface area contributed by atoms with Gasteiger partial charge in [0.2, 0.25) is 0 Å². The van der Waals surface area contributed by atoms with Crippen LogP contribution in [0.2, 0.25) is 0 Å². The Kier molecular flexibility index (Phi) is 9.72. The second-order valence-corrected chi connectivity index (χ2v) is 8.64. The first-order valence-corrected chi connectivity index (χ1v) is 12.1. The van der Waals surface area contributed by atoms with Crippen LogP contribution in [-0.2, 0) is 17.8 Å². The lowest BCUT2D eigenvalue weighted by Gasteiger charge is -2.09. The SMILES string of the molecule is CCCCCCCCc1ccc(NC(=O)c2ccc(COC(=O)c3cc(O)ccc3O)cc2)cc1. The molecule has 6 nitrogen and oxygen atoms in total. The van der Waals surface area contributed by atoms with E-state index in [-0.39, 0.29) is 29.6 Å². The van der Waals surface area contributed by atoms with Gasteiger partial charge < -0.3 is 20.3 Å². The van der Waals surface area contributed by atoms with Crippen molar-refractivity contribution in [1.29, 1.82) is 0 Å². The Labute approximate surface area is 206 Å². The van der Waals surface area contributed by atoms with Gasteiger partial charge in [0.05, 0.1) is 0 Å². The predicted octanol–water partition coefficient (Wildman–Crippen LogP) is 6.61. The van der Waals surface area contributed by atoms with E-state index in [1.165, 1.54) is 56.2 Å². The minimum Gasteiger partial charge on any atom is -0.508 e. The molecule has 1 amide bonds. The van der Waals surface area contributed by atoms with Crippen LogP contribution in [0.3, 0.4) is 0 Å². The maximum Gasteiger partial charge on any atom is 0.342 e. The summed E-state index contributed by atoms with van der Waals surface area (Å²) in [6.45, 7) is 2.19. The van der Waals surface area contributed by atoms with E-state index in [1.807, 2.05) is 12.1 Å². The van der Waals surface area contributed by atoms with Gasteiger partial charge in [-0.2, -0.15) is 0 Å². The zero-order valence-electron chi connectivity index (χ0n) is 20.1. The number of carbonyl (C=O) groups is 2. The Bertz CT molecular complexity index is 1110. The van der Waals surface area contributed by atoms with E-state index in [4.69, 9.17) is 4.74 Å². The first-order chi connectivity index (χ1) is 17.0. The van der Waals surface area contributed by atoms with Crippen molar-refractivity contribution in [2.45, 2.75) is 58.5 Å². The van der Waals surface area contributed by atoms with E-state index in [2.05, 4.69) is 24.4 Å². The van der Waals surface area contributed by atoms with E-state index in [9.17, 15) is 19.8 Å². The van der Waals surface area contributed by atoms with Gasteiger partial charge in [-0.3, -0.25) is 4.79 Å². The fourth-order valence-corrected chi connectivity index (χ4v) is 3.73. The monoisotopic (exact) mass is 475 g/mol. The van der Waals surface area contributed by atoms with Crippen LogP contribution in [-0.4, -0.2) is 22.1 Å². The summed E-state index contributed by atoms with van der Waals surface area (Å²) >= 11 is 0. The van der Waals surface area contributed by atoms with Gasteiger partial charge in [0.15, 0.2) is 0 Å². The van der Waals surface area contributed by atoms with Gasteiger partial charge in [-0.25, -0.2) is 4.79 Å². The van der Waals surface area contributed by atoms with Crippen LogP contribution in [0.25, 0.3) is 0 Å². The maximum atomic E-state index is 12.6. The average molecular weight is 476 g/mol. The summed E-state index contributed by atoms with van der Waals surface area (Å²) in [4.78, 5) is 24.7. The number of aryl methyl sites for hydroxylation is 1. The second kappa shape index (κ2) is 13.2. The number of hydrogen-bond donors (Lipinski definition) is 3. The summed E-state index contributed by atoms with van der Waals surface area (Å²) in [7, 11) is 0. The van der Waals surface area contributed by atoms with Crippen molar-refractivity contribution in [3.05, 3.63) is 89.0 Å². The molecule has 0 aliphatic rings. The minimum absolute atomic E-state index is 0.0319. The molecule has 3 N–H and O–H groups in total. The highest BCUT2D eigenvalue weighted by Crippen LogP contribution is 2.23. The molecule has 0 saturated carbocycles. The van der Waals surface area contributed by atoms with Crippen LogP contribution >= 0.6 is 0 Å². The molecule has 0 saturated heterocycles. The lowest BCUT2D eigenvalue weighted by atomic mass is 10.0. The number of phenols is 2. The lowest BCUT2D eigenvalue weighted by Crippen LogP contribution is -2.12. The summed E-state index contributed by atoms with van der Waals surface area (Å²) in [5, 5.41) is 22.1. The molecule has 0 radical (unpaired) electrons. The highest BCUT2D eigenvalue weighted by Gasteiger charge is 2.14. The molecule has 3 aromatic rings. The zero-order chi connectivity index (χ0) is 25.0. The summed E-state index contributed by atoms with van der Waals surface area (Å²) in [5.74, 6) is -1.38. The molecule has 0 unspecified atom stereocenters. The molecule has 3 rings (SSSR count). The predicted molar refractivity (Wildman–Crippen MR) is 137 cm³/mol. The number of hydrogen-bond acceptors (Lipinski definition) is 5. The van der Waals surface area contributed by atoms with Crippen LogP contribution in [0.5, 0.6) is 11.5 Å². The van der Waals surface area contributed by atoms with Crippen molar-refractivity contribution < 1.29 is 24.5 Å². The third kappa shape index (κ3) is 8.18. The Morgan fingerprint density at radius 1 is 0.800 bits per heavy atom. The van der Waals surface area contributed by atoms with Crippen LogP contribution in [0.15, 0.2) is 66.7 Å². The highest BCUT2D eigenvalue weighted by molar-refractivity contribution is 6.04. The molecule has 0 aliphatic carbocycles. The van der Waals surface area contributed by atoms with Crippen molar-refractivity contribution in [3.63, 3.8) is 0 Å². The third-order valence-electron chi connectivity index (χ3n) is 5.82. The Balaban J connectivity index is 1.45. The number of benzene rings is 3. The van der Waals surface area contributed by atoms with Crippen LogP contribution < -0.4 is 5.32 Å². The summed E-state index contributed by atoms with van der Waals surface area (Å²) < 4.78 is 5.20. The molecule has 0 bridgehead atoms. The fraction of sp³-hybridized carbons (Fsp3) is 0.310. The first-order valence-electron chi connectivity index (χ1n) is 12.1. The van der Waals surface area contributed by atoms with Crippen molar-refractivity contribution in [2.75, 3.05) is 5.32 Å². The van der Waals surface area contributed by atoms with E-state index in [0.29, 0.717) is 11.1 Å². The number of nitrogens with one attached hydrogen (secondary N) is 1. The van der Waals surface area contributed by atoms with E-state index >= 15 is 0 Å². The molecule has 3 aromatic carbocycles. The van der Waals surface area contributed by atoms with Gasteiger partial charge in [-0.15, -0.1) is 0 Å². The minimum atomic E-state index is -0.750. The van der Waals surface area contributed by atoms with Gasteiger partial charge in [-0.1, -0.05) is 63.3 Å². The van der Waals surface area contributed by atoms with Crippen molar-refractivity contribution in [3.8, 4) is 11.5 Å². The Morgan fingerprint density at radius 2 is 1.46 bits per heavy atom. The zero-order valence-corrected chi connectivity index (χ0v) is 20.1. The van der Waals surface area contributed by atoms with E-state index < -0.39 is 5.97 Å². The van der Waals surface area contributed by atoms with Crippen LogP contribution in [0.1, 0.15) is 77.3 Å². The van der Waals surface area contributed by atoms with Gasteiger partial charge in [0, 0.05) is 11.3 Å². The summed E-state index contributed by atoms with van der Waals surface area (Å²) in [6, 6.07) is 18.4. The van der Waals surface area contributed by atoms with Crippen molar-refractivity contribution >= 4 is 17.6 Å². The van der Waals surface area contributed by atoms with Crippen molar-refractivity contribution in [2.24, 2.45) is 0 Å². The van der Waals surface area contributed by atoms with Gasteiger partial charge >= 0.3 is 5.97 Å². The number of unbranched alkanes of at least 4 members (excludes halogenated alkanes) is 5. The van der Waals surface area contributed by atoms with Crippen molar-refractivity contribution in [1.82, 2.24) is 0 Å². The normalized spacial score (nSPS) is 10.7. The molecule has 0 atom stereocenters. The molecule has 0 aromatic heterocycles. The number of phenolic OH excluding ortho intramolecular Hbond substituents is 2. The fourth-order valence-electron chi connectivity index (χ4n) is 3.73. The molecule has 6 heteroatoms. The summed E-state index contributed by atoms with van der Waals surface area (Å²) in [5.41, 5.74) is 3.08. The third-order valence-corrected chi connectivity index (χ3v) is 5.82. The molecule has 35 heavy (non-hydrogen) atoms. The Hall–Kier alpha value is -3.80. The molecular formula is C29H33NO5. The van der Waals surface area contributed by atoms with Gasteiger partial charge in [-0.05, 0) is 66.4 Å². The van der Waals surface area contributed by atoms with Gasteiger partial charge in [0.1, 0.15) is 23.7 Å². The highest BCUT2D eigenvalue weighted by atomic mass is 16.5. The smallest absolute Gasteiger partial charge is 0.342 e. The molecule has 0 spiro atoms. The van der Waals surface area contributed by atoms with E-state index in [0.717, 1.165) is 18.2 Å². The standard InChI is InChI=1S/C29H33NO5/c1-2-3-4-5-6-7-8-21-11-15-24(16-12-21)30-28(33)23-13-9-22(10-14-23)20-35-29(34)26-19-25(31)17-18-27(26)32/h9-19,31-32H,2-8,20H2,1H3,(H,30,33). The summed E-state index contributed by atoms with van der Waals surface area (Å²) in [6.07, 6.45) is 8.69. The molecule has 0 fully saturated rings. The Morgan fingerprint density at radius 3 is 2.17 bits per heavy atom. The number of anilines is 1. The number of esters is 1. The number of ether oxygens (including phenoxy) is 1. The maximum absolute atomic E-state index is 12.6. The largest absolute Gasteiger partial charge is 0.508 e. The lowest BCUT2D eigenvalue weighted by molar-refractivity contribution is 0.0468. The van der Waals surface area contributed by atoms with Crippen LogP contribution in [0.4, 0.5) is 5.69 Å². The number of carbonyl (C=O) groups excluding carboxylic acids is 2. The van der Waals surface area contributed by atoms with E-state index in [1.54, 1.807) is 24.3 Å². The quantitative estimate of drug-likeness (QED) is 0.156. The molecular weight excluding hydrogens is 442 g/mol. The second-order valence-electron chi connectivity index (χ2n) is 8.64. The van der Waals surface area contributed by atoms with Gasteiger partial charge in [0.25, 0.3) is 5.91 Å². The van der Waals surface area contributed by atoms with Crippen LogP contribution in [0, 0.1) is 0 Å². The number of aromatic hydroxyl groups is 2. The first kappa shape index (κ1) is 25.8. The number of amides is 1. The number of rotatable bonds is 12. The molecule has 0 heterocycles. The topological polar surface area (TPSA) is 95.9 Å². The molecule has 184 valence electrons. The molecule has 0 aliphatic heterocycles. The average Bonchev–Trinajstić information content (AvgIpc) is 2.87.